The van der Waals surface area contributed by atoms with Gasteiger partial charge in [0.2, 0.25) is 11.7 Å². The van der Waals surface area contributed by atoms with Gasteiger partial charge >= 0.3 is 11.9 Å². The fourth-order valence-electron chi connectivity index (χ4n) is 3.33. The number of hydrogen-bond acceptors (Lipinski definition) is 7. The number of aromatic carboxylic acids is 1. The van der Waals surface area contributed by atoms with E-state index in [-0.39, 0.29) is 30.5 Å². The maximum Gasteiger partial charge on any atom is 0.375 e. The first-order valence-corrected chi connectivity index (χ1v) is 10.7. The van der Waals surface area contributed by atoms with Crippen LogP contribution in [-0.4, -0.2) is 45.0 Å². The highest BCUT2D eigenvalue weighted by atomic mass is 16.5. The molecule has 34 heavy (non-hydrogen) atoms. The Hall–Kier alpha value is -4.24. The molecule has 1 N–H and O–H groups in total. The number of carboxylic acids is 1. The Morgan fingerprint density at radius 1 is 1.06 bits per heavy atom. The summed E-state index contributed by atoms with van der Waals surface area (Å²) in [5, 5.41) is 14.1. The third-order valence-electron chi connectivity index (χ3n) is 4.95. The Labute approximate surface area is 195 Å². The zero-order valence-corrected chi connectivity index (χ0v) is 18.5. The molecule has 0 aliphatic carbocycles. The maximum absolute atomic E-state index is 11.8. The summed E-state index contributed by atoms with van der Waals surface area (Å²) in [6, 6.07) is 18.4. The molecule has 0 aliphatic heterocycles. The van der Waals surface area contributed by atoms with E-state index in [4.69, 9.17) is 13.9 Å². The van der Waals surface area contributed by atoms with Crippen LogP contribution in [0.15, 0.2) is 71.3 Å². The van der Waals surface area contributed by atoms with Crippen molar-refractivity contribution in [3.63, 3.8) is 0 Å². The van der Waals surface area contributed by atoms with E-state index >= 15 is 0 Å². The number of benzene rings is 2. The van der Waals surface area contributed by atoms with Crippen LogP contribution >= 0.6 is 0 Å². The molecule has 0 fully saturated rings. The molecule has 0 radical (unpaired) electrons. The van der Waals surface area contributed by atoms with Crippen LogP contribution in [0.5, 0.6) is 0 Å². The lowest BCUT2D eigenvalue weighted by Crippen LogP contribution is -2.13. The highest BCUT2D eigenvalue weighted by Crippen LogP contribution is 2.26. The minimum atomic E-state index is -1.08. The van der Waals surface area contributed by atoms with Crippen LogP contribution in [0.25, 0.3) is 22.7 Å². The Balaban J connectivity index is 1.49. The molecular formula is C25H23N3O6. The smallest absolute Gasteiger partial charge is 0.375 e. The number of aromatic nitrogens is 3. The molecule has 9 heteroatoms. The average Bonchev–Trinajstić information content (AvgIpc) is 3.51. The molecule has 0 atom stereocenters. The molecule has 2 aromatic heterocycles. The number of hydrogen-bond donors (Lipinski definition) is 1. The number of esters is 1. The number of rotatable bonds is 10. The van der Waals surface area contributed by atoms with Crippen LogP contribution in [0.2, 0.25) is 0 Å². The van der Waals surface area contributed by atoms with Gasteiger partial charge in [0.15, 0.2) is 0 Å². The van der Waals surface area contributed by atoms with Crippen LogP contribution in [0.3, 0.4) is 0 Å². The fraction of sp³-hybridized carbons (Fsp3) is 0.200. The lowest BCUT2D eigenvalue weighted by atomic mass is 10.1. The summed E-state index contributed by atoms with van der Waals surface area (Å²) in [7, 11) is 0. The molecule has 0 amide bonds. The van der Waals surface area contributed by atoms with E-state index in [9.17, 15) is 14.7 Å². The predicted octanol–water partition coefficient (Wildman–Crippen LogP) is 4.30. The lowest BCUT2D eigenvalue weighted by Gasteiger charge is -2.06. The Morgan fingerprint density at radius 3 is 2.62 bits per heavy atom. The van der Waals surface area contributed by atoms with Crippen molar-refractivity contribution in [2.45, 2.75) is 20.1 Å². The van der Waals surface area contributed by atoms with Gasteiger partial charge < -0.3 is 19.0 Å². The molecule has 0 aliphatic rings. The first-order valence-electron chi connectivity index (χ1n) is 10.7. The van der Waals surface area contributed by atoms with Gasteiger partial charge in [-0.05, 0) is 30.7 Å². The van der Waals surface area contributed by atoms with Crippen LogP contribution < -0.4 is 0 Å². The third kappa shape index (κ3) is 5.38. The van der Waals surface area contributed by atoms with Crippen LogP contribution in [-0.2, 0) is 22.6 Å². The van der Waals surface area contributed by atoms with E-state index in [1.807, 2.05) is 36.4 Å². The number of nitrogens with zero attached hydrogens (tertiary/aromatic N) is 3. The van der Waals surface area contributed by atoms with Gasteiger partial charge in [-0.15, -0.1) is 0 Å². The number of ether oxygens (including phenoxy) is 2. The van der Waals surface area contributed by atoms with Crippen molar-refractivity contribution in [3.05, 3.63) is 83.9 Å². The molecule has 2 heterocycles. The maximum atomic E-state index is 11.8. The van der Waals surface area contributed by atoms with Gasteiger partial charge in [-0.1, -0.05) is 42.5 Å². The summed E-state index contributed by atoms with van der Waals surface area (Å²) in [6.45, 7) is 2.97. The van der Waals surface area contributed by atoms with Crippen LogP contribution in [0, 0.1) is 0 Å². The summed E-state index contributed by atoms with van der Waals surface area (Å²) < 4.78 is 17.5. The van der Waals surface area contributed by atoms with Crippen molar-refractivity contribution in [2.75, 3.05) is 13.2 Å². The summed E-state index contributed by atoms with van der Waals surface area (Å²) in [5.74, 6) is -1.41. The predicted molar refractivity (Wildman–Crippen MR) is 122 cm³/mol. The standard InChI is InChI=1S/C25H23N3O6/c1-2-33-25(31)22-15-26-23(34-22)19-10-6-9-18(13-19)20-14-21(24(29)30)28(27-20)11-12-32-16-17-7-4-3-5-8-17/h3-10,13-15H,2,11-12,16H2,1H3,(H,29,30). The first-order chi connectivity index (χ1) is 16.5. The van der Waals surface area contributed by atoms with Crippen molar-refractivity contribution >= 4 is 11.9 Å². The topological polar surface area (TPSA) is 117 Å². The van der Waals surface area contributed by atoms with E-state index in [0.29, 0.717) is 30.0 Å². The quantitative estimate of drug-likeness (QED) is 0.274. The second-order valence-corrected chi connectivity index (χ2v) is 7.31. The van der Waals surface area contributed by atoms with E-state index in [2.05, 4.69) is 10.1 Å². The van der Waals surface area contributed by atoms with Gasteiger partial charge in [-0.25, -0.2) is 14.6 Å². The molecule has 0 saturated heterocycles. The number of carbonyl (C=O) groups is 2. The minimum Gasteiger partial charge on any atom is -0.477 e. The molecular weight excluding hydrogens is 438 g/mol. The van der Waals surface area contributed by atoms with Crippen LogP contribution in [0.1, 0.15) is 33.5 Å². The van der Waals surface area contributed by atoms with Crippen molar-refractivity contribution in [1.82, 2.24) is 14.8 Å². The van der Waals surface area contributed by atoms with Gasteiger partial charge in [0.05, 0.1) is 38.3 Å². The SMILES string of the molecule is CCOC(=O)c1cnc(-c2cccc(-c3cc(C(=O)O)n(CCOCc4ccccc4)n3)c2)o1. The molecule has 0 bridgehead atoms. The van der Waals surface area contributed by atoms with Crippen molar-refractivity contribution in [1.29, 1.82) is 0 Å². The summed E-state index contributed by atoms with van der Waals surface area (Å²) in [4.78, 5) is 27.7. The van der Waals surface area contributed by atoms with Crippen LogP contribution in [0.4, 0.5) is 0 Å². The van der Waals surface area contributed by atoms with Crippen molar-refractivity contribution in [3.8, 4) is 22.7 Å². The Kier molecular flexibility index (Phi) is 7.14. The zero-order chi connectivity index (χ0) is 23.9. The summed E-state index contributed by atoms with van der Waals surface area (Å²) in [5.41, 5.74) is 2.88. The Bertz CT molecular complexity index is 1280. The van der Waals surface area contributed by atoms with Gasteiger partial charge in [-0.3, -0.25) is 4.68 Å². The number of carbonyl (C=O) groups excluding carboxylic acids is 1. The normalized spacial score (nSPS) is 10.9. The number of carboxylic acid groups (broad SMARTS) is 1. The second-order valence-electron chi connectivity index (χ2n) is 7.31. The molecule has 0 unspecified atom stereocenters. The van der Waals surface area contributed by atoms with E-state index < -0.39 is 11.9 Å². The molecule has 174 valence electrons. The molecule has 2 aromatic carbocycles. The Morgan fingerprint density at radius 2 is 1.85 bits per heavy atom. The second kappa shape index (κ2) is 10.6. The monoisotopic (exact) mass is 461 g/mol. The third-order valence-corrected chi connectivity index (χ3v) is 4.95. The first kappa shape index (κ1) is 22.9. The summed E-state index contributed by atoms with van der Waals surface area (Å²) >= 11 is 0. The van der Waals surface area contributed by atoms with Gasteiger partial charge in [0.25, 0.3) is 0 Å². The molecule has 9 nitrogen and oxygen atoms in total. The summed E-state index contributed by atoms with van der Waals surface area (Å²) in [6.07, 6.45) is 1.31. The highest BCUT2D eigenvalue weighted by molar-refractivity contribution is 5.88. The largest absolute Gasteiger partial charge is 0.477 e. The van der Waals surface area contributed by atoms with E-state index in [1.165, 1.54) is 16.9 Å². The molecule has 0 saturated carbocycles. The highest BCUT2D eigenvalue weighted by Gasteiger charge is 2.18. The van der Waals surface area contributed by atoms with Gasteiger partial charge in [0, 0.05) is 11.1 Å². The average molecular weight is 461 g/mol. The molecule has 4 rings (SSSR count). The van der Waals surface area contributed by atoms with E-state index in [1.54, 1.807) is 25.1 Å². The fourth-order valence-corrected chi connectivity index (χ4v) is 3.33. The van der Waals surface area contributed by atoms with Crippen molar-refractivity contribution in [2.24, 2.45) is 0 Å². The minimum absolute atomic E-state index is 0.00944. The number of oxazole rings is 1. The van der Waals surface area contributed by atoms with Crippen molar-refractivity contribution < 1.29 is 28.6 Å². The molecule has 0 spiro atoms. The van der Waals surface area contributed by atoms with Gasteiger partial charge in [-0.2, -0.15) is 5.10 Å². The van der Waals surface area contributed by atoms with E-state index in [0.717, 1.165) is 5.56 Å². The molecule has 4 aromatic rings. The zero-order valence-electron chi connectivity index (χ0n) is 18.5. The van der Waals surface area contributed by atoms with Gasteiger partial charge in [0.1, 0.15) is 5.69 Å². The lowest BCUT2D eigenvalue weighted by molar-refractivity contribution is 0.0490.